The van der Waals surface area contributed by atoms with Crippen LogP contribution in [0.1, 0.15) is 66.9 Å². The number of alkyl halides is 3. The number of furan rings is 1. The van der Waals surface area contributed by atoms with Crippen molar-refractivity contribution in [1.82, 2.24) is 5.32 Å². The number of carbonyl (C=O) groups is 1. The normalized spacial score (nSPS) is 20.2. The van der Waals surface area contributed by atoms with Crippen molar-refractivity contribution in [2.24, 2.45) is 0 Å². The van der Waals surface area contributed by atoms with Gasteiger partial charge in [0.15, 0.2) is 0 Å². The third-order valence-electron chi connectivity index (χ3n) is 6.32. The molecule has 2 aliphatic heterocycles. The highest BCUT2D eigenvalue weighted by Crippen LogP contribution is 2.45. The van der Waals surface area contributed by atoms with Gasteiger partial charge in [-0.25, -0.2) is 13.2 Å². The number of hydrogen-bond donors (Lipinski definition) is 1. The summed E-state index contributed by atoms with van der Waals surface area (Å²) in [6, 6.07) is 6.28. The van der Waals surface area contributed by atoms with Crippen LogP contribution in [0.2, 0.25) is 0 Å². The lowest BCUT2D eigenvalue weighted by Crippen LogP contribution is -2.31. The highest BCUT2D eigenvalue weighted by atomic mass is 32.2. The van der Waals surface area contributed by atoms with Crippen molar-refractivity contribution in [3.8, 4) is 0 Å². The summed E-state index contributed by atoms with van der Waals surface area (Å²) in [5.74, 6) is -0.193. The van der Waals surface area contributed by atoms with Crippen molar-refractivity contribution in [3.63, 3.8) is 0 Å². The van der Waals surface area contributed by atoms with Gasteiger partial charge < -0.3 is 14.5 Å². The van der Waals surface area contributed by atoms with Crippen molar-refractivity contribution in [2.45, 2.75) is 73.7 Å². The van der Waals surface area contributed by atoms with Gasteiger partial charge in [0.05, 0.1) is 20.9 Å². The number of ether oxygens (including phenoxy) is 1. The molecule has 2 bridgehead atoms. The van der Waals surface area contributed by atoms with Gasteiger partial charge in [0.1, 0.15) is 16.9 Å². The van der Waals surface area contributed by atoms with Gasteiger partial charge in [-0.05, 0) is 63.9 Å². The maximum Gasteiger partial charge on any atom is 0.416 e. The summed E-state index contributed by atoms with van der Waals surface area (Å²) >= 11 is 0. The summed E-state index contributed by atoms with van der Waals surface area (Å²) in [5, 5.41) is 3.80. The molecule has 0 radical (unpaired) electrons. The molecule has 1 N–H and O–H groups in total. The van der Waals surface area contributed by atoms with Gasteiger partial charge in [0.2, 0.25) is 9.84 Å². The first-order valence-corrected chi connectivity index (χ1v) is 12.7. The molecule has 35 heavy (non-hydrogen) atoms. The van der Waals surface area contributed by atoms with Crippen LogP contribution in [0.4, 0.5) is 13.2 Å². The van der Waals surface area contributed by atoms with Crippen LogP contribution in [-0.4, -0.2) is 26.0 Å². The van der Waals surface area contributed by atoms with Gasteiger partial charge in [-0.2, -0.15) is 13.2 Å². The third kappa shape index (κ3) is 4.12. The number of esters is 1. The molecule has 0 saturated carbocycles. The molecule has 1 fully saturated rings. The lowest BCUT2D eigenvalue weighted by Gasteiger charge is -2.23. The lowest BCUT2D eigenvalue weighted by atomic mass is 9.96. The highest BCUT2D eigenvalue weighted by Gasteiger charge is 2.40. The predicted molar refractivity (Wildman–Crippen MR) is 121 cm³/mol. The zero-order chi connectivity index (χ0) is 25.3. The van der Waals surface area contributed by atoms with E-state index >= 15 is 0 Å². The van der Waals surface area contributed by atoms with Crippen LogP contribution in [0, 0.1) is 0 Å². The second-order valence-electron chi connectivity index (χ2n) is 9.98. The summed E-state index contributed by atoms with van der Waals surface area (Å²) in [4.78, 5) is 12.5. The molecular formula is C25H24F3NO5S. The fourth-order valence-electron chi connectivity index (χ4n) is 4.92. The predicted octanol–water partition coefficient (Wildman–Crippen LogP) is 5.59. The Morgan fingerprint density at radius 1 is 1.11 bits per heavy atom. The fourth-order valence-corrected chi connectivity index (χ4v) is 6.41. The Kier molecular flexibility index (Phi) is 5.34. The lowest BCUT2D eigenvalue weighted by molar-refractivity contribution is -0.137. The Morgan fingerprint density at radius 2 is 1.86 bits per heavy atom. The van der Waals surface area contributed by atoms with Gasteiger partial charge in [0.25, 0.3) is 0 Å². The van der Waals surface area contributed by atoms with E-state index in [9.17, 15) is 26.4 Å². The molecular weight excluding hydrogens is 483 g/mol. The molecule has 2 aromatic carbocycles. The molecule has 3 aromatic rings. The number of halogens is 3. The molecule has 5 rings (SSSR count). The maximum atomic E-state index is 13.7. The van der Waals surface area contributed by atoms with Crippen LogP contribution >= 0.6 is 0 Å². The number of nitrogens with one attached hydrogen (secondary N) is 1. The van der Waals surface area contributed by atoms with E-state index in [1.54, 1.807) is 20.8 Å². The van der Waals surface area contributed by atoms with E-state index in [1.807, 2.05) is 0 Å². The minimum Gasteiger partial charge on any atom is -0.461 e. The smallest absolute Gasteiger partial charge is 0.416 e. The topological polar surface area (TPSA) is 85.6 Å². The zero-order valence-corrected chi connectivity index (χ0v) is 20.1. The van der Waals surface area contributed by atoms with Gasteiger partial charge in [-0.3, -0.25) is 0 Å². The Labute approximate surface area is 200 Å². The number of benzene rings is 2. The van der Waals surface area contributed by atoms with E-state index in [2.05, 4.69) is 5.32 Å². The van der Waals surface area contributed by atoms with Crippen molar-refractivity contribution >= 4 is 26.8 Å². The summed E-state index contributed by atoms with van der Waals surface area (Å²) in [6.07, 6.45) is -2.41. The molecule has 1 aromatic heterocycles. The van der Waals surface area contributed by atoms with E-state index in [-0.39, 0.29) is 17.6 Å². The molecule has 0 amide bonds. The molecule has 0 aliphatic carbocycles. The van der Waals surface area contributed by atoms with Gasteiger partial charge in [-0.1, -0.05) is 6.07 Å². The van der Waals surface area contributed by atoms with Crippen LogP contribution in [0.3, 0.4) is 0 Å². The number of sulfone groups is 1. The summed E-state index contributed by atoms with van der Waals surface area (Å²) in [5.41, 5.74) is -1.19. The largest absolute Gasteiger partial charge is 0.461 e. The number of carbonyl (C=O) groups excluding carboxylic acids is 1. The maximum absolute atomic E-state index is 13.7. The summed E-state index contributed by atoms with van der Waals surface area (Å²) < 4.78 is 78.9. The first kappa shape index (κ1) is 23.9. The van der Waals surface area contributed by atoms with Crippen LogP contribution in [0.25, 0.3) is 11.0 Å². The molecule has 2 unspecified atom stereocenters. The van der Waals surface area contributed by atoms with Crippen LogP contribution in [0.15, 0.2) is 50.6 Å². The molecule has 2 atom stereocenters. The van der Waals surface area contributed by atoms with Crippen LogP contribution in [0.5, 0.6) is 0 Å². The first-order valence-electron chi connectivity index (χ1n) is 11.3. The Hall–Kier alpha value is -2.85. The third-order valence-corrected chi connectivity index (χ3v) is 8.11. The fraction of sp³-hybridized carbons (Fsp3) is 0.400. The highest BCUT2D eigenvalue weighted by molar-refractivity contribution is 7.91. The Balaban J connectivity index is 1.77. The van der Waals surface area contributed by atoms with Gasteiger partial charge in [0, 0.05) is 29.5 Å². The molecule has 186 valence electrons. The molecule has 2 aliphatic rings. The monoisotopic (exact) mass is 507 g/mol. The van der Waals surface area contributed by atoms with Crippen molar-refractivity contribution in [3.05, 3.63) is 58.8 Å². The second kappa shape index (κ2) is 7.83. The Bertz CT molecular complexity index is 1450. The molecule has 10 heteroatoms. The van der Waals surface area contributed by atoms with Crippen molar-refractivity contribution < 1.29 is 35.5 Å². The summed E-state index contributed by atoms with van der Waals surface area (Å²) in [6.45, 7) is 4.96. The van der Waals surface area contributed by atoms with Crippen LogP contribution < -0.4 is 5.32 Å². The molecule has 1 saturated heterocycles. The van der Waals surface area contributed by atoms with E-state index < -0.39 is 42.9 Å². The number of rotatable bonds is 3. The summed E-state index contributed by atoms with van der Waals surface area (Å²) in [7, 11) is -4.53. The van der Waals surface area contributed by atoms with E-state index in [1.165, 1.54) is 12.1 Å². The quantitative estimate of drug-likeness (QED) is 0.466. The second-order valence-corrected chi connectivity index (χ2v) is 11.9. The standard InChI is InChI=1S/C25H24F3NO5S/c1-24(2,3)34-23(30)22-19(35(31,32)15-6-4-5-13(11-15)25(26,27)28)10-9-17-21(22)20-16-8-7-14(29-16)12-18(20)33-17/h4-6,9-11,14,16,29H,7-8,12H2,1-3H3. The van der Waals surface area contributed by atoms with E-state index in [0.717, 1.165) is 36.6 Å². The van der Waals surface area contributed by atoms with Crippen molar-refractivity contribution in [2.75, 3.05) is 0 Å². The van der Waals surface area contributed by atoms with Gasteiger partial charge >= 0.3 is 12.1 Å². The van der Waals surface area contributed by atoms with E-state index in [0.29, 0.717) is 29.2 Å². The number of fused-ring (bicyclic) bond motifs is 6. The van der Waals surface area contributed by atoms with E-state index in [4.69, 9.17) is 9.15 Å². The Morgan fingerprint density at radius 3 is 2.54 bits per heavy atom. The molecule has 0 spiro atoms. The molecule has 3 heterocycles. The first-order chi connectivity index (χ1) is 16.3. The molecule has 6 nitrogen and oxygen atoms in total. The van der Waals surface area contributed by atoms with Gasteiger partial charge in [-0.15, -0.1) is 0 Å². The van der Waals surface area contributed by atoms with Crippen LogP contribution in [-0.2, 0) is 27.2 Å². The minimum atomic E-state index is -4.72. The average Bonchev–Trinajstić information content (AvgIpc) is 3.32. The zero-order valence-electron chi connectivity index (χ0n) is 19.3. The minimum absolute atomic E-state index is 0.113. The van der Waals surface area contributed by atoms with Crippen molar-refractivity contribution in [1.29, 1.82) is 0 Å². The average molecular weight is 508 g/mol. The SMILES string of the molecule is CC(C)(C)OC(=O)c1c(S(=O)(=O)c2cccc(C(F)(F)F)c2)ccc2oc3c(c12)C1CCC(C3)N1. The number of hydrogen-bond acceptors (Lipinski definition) is 6.